The average Bonchev–Trinajstić information content (AvgIpc) is 2.84. The van der Waals surface area contributed by atoms with Crippen molar-refractivity contribution in [2.24, 2.45) is 0 Å². The van der Waals surface area contributed by atoms with Crippen molar-refractivity contribution in [1.82, 2.24) is 5.32 Å². The second-order valence-electron chi connectivity index (χ2n) is 8.10. The second-order valence-corrected chi connectivity index (χ2v) is 8.10. The third kappa shape index (κ3) is 5.61. The molecule has 3 aromatic carbocycles. The van der Waals surface area contributed by atoms with Crippen LogP contribution in [0.2, 0.25) is 0 Å². The number of rotatable bonds is 7. The molecule has 34 heavy (non-hydrogen) atoms. The number of nitrogens with one attached hydrogen (secondary N) is 1. The van der Waals surface area contributed by atoms with Gasteiger partial charge in [0.15, 0.2) is 6.61 Å². The molecule has 0 radical (unpaired) electrons. The highest BCUT2D eigenvalue weighted by molar-refractivity contribution is 5.94. The Morgan fingerprint density at radius 2 is 1.50 bits per heavy atom. The van der Waals surface area contributed by atoms with E-state index in [0.717, 1.165) is 29.7 Å². The van der Waals surface area contributed by atoms with Crippen LogP contribution in [0.4, 0.5) is 5.69 Å². The number of hydrogen-bond donors (Lipinski definition) is 2. The summed E-state index contributed by atoms with van der Waals surface area (Å²) in [5.41, 5.74) is 4.58. The van der Waals surface area contributed by atoms with Gasteiger partial charge in [0.05, 0.1) is 12.1 Å². The van der Waals surface area contributed by atoms with Crippen LogP contribution in [0, 0.1) is 0 Å². The van der Waals surface area contributed by atoms with Crippen molar-refractivity contribution in [1.29, 1.82) is 0 Å². The van der Waals surface area contributed by atoms with Gasteiger partial charge in [0.2, 0.25) is 5.91 Å². The number of hydrogen-bond acceptors (Lipinski definition) is 4. The summed E-state index contributed by atoms with van der Waals surface area (Å²) < 4.78 is 5.39. The molecule has 2 amide bonds. The number of amides is 2. The van der Waals surface area contributed by atoms with E-state index < -0.39 is 5.97 Å². The van der Waals surface area contributed by atoms with E-state index >= 15 is 0 Å². The summed E-state index contributed by atoms with van der Waals surface area (Å²) in [5.74, 6) is -1.05. The van der Waals surface area contributed by atoms with E-state index in [9.17, 15) is 14.4 Å². The van der Waals surface area contributed by atoms with E-state index in [0.29, 0.717) is 12.3 Å². The quantitative estimate of drug-likeness (QED) is 0.564. The molecule has 0 atom stereocenters. The minimum absolute atomic E-state index is 0.0605. The standard InChI is InChI=1S/C27H26N2O5/c30-25(18-34-23-13-11-21(12-14-23)27(32)33)28-16-15-26(31)29-17-22-7-2-1-5-19(22)9-10-20-6-3-4-8-24(20)29/h1-8,11-14H,9-10,15-18H2,(H,28,30)(H,32,33). The second kappa shape index (κ2) is 10.7. The molecule has 0 aliphatic carbocycles. The molecule has 7 heteroatoms. The predicted octanol–water partition coefficient (Wildman–Crippen LogP) is 3.60. The third-order valence-electron chi connectivity index (χ3n) is 5.83. The summed E-state index contributed by atoms with van der Waals surface area (Å²) >= 11 is 0. The van der Waals surface area contributed by atoms with Gasteiger partial charge in [-0.05, 0) is 59.9 Å². The van der Waals surface area contributed by atoms with Crippen LogP contribution >= 0.6 is 0 Å². The first-order valence-electron chi connectivity index (χ1n) is 11.2. The lowest BCUT2D eigenvalue weighted by atomic mass is 9.95. The molecule has 0 aromatic heterocycles. The maximum Gasteiger partial charge on any atom is 0.335 e. The van der Waals surface area contributed by atoms with E-state index in [1.165, 1.54) is 29.8 Å². The van der Waals surface area contributed by atoms with E-state index in [-0.39, 0.29) is 37.0 Å². The summed E-state index contributed by atoms with van der Waals surface area (Å²) in [6.07, 6.45) is 1.96. The molecule has 7 nitrogen and oxygen atoms in total. The van der Waals surface area contributed by atoms with Crippen LogP contribution in [0.5, 0.6) is 5.75 Å². The van der Waals surface area contributed by atoms with Gasteiger partial charge in [0.1, 0.15) is 5.75 Å². The number of carbonyl (C=O) groups is 3. The van der Waals surface area contributed by atoms with E-state index in [1.54, 1.807) is 4.90 Å². The molecule has 0 fully saturated rings. The zero-order valence-corrected chi connectivity index (χ0v) is 18.7. The van der Waals surface area contributed by atoms with Gasteiger partial charge in [-0.2, -0.15) is 0 Å². The first kappa shape index (κ1) is 23.0. The summed E-state index contributed by atoms with van der Waals surface area (Å²) in [6, 6.07) is 22.0. The number of nitrogens with zero attached hydrogens (tertiary/aromatic N) is 1. The van der Waals surface area contributed by atoms with E-state index in [4.69, 9.17) is 9.84 Å². The fourth-order valence-corrected chi connectivity index (χ4v) is 4.03. The minimum atomic E-state index is -1.03. The van der Waals surface area contributed by atoms with Crippen molar-refractivity contribution in [2.45, 2.75) is 25.8 Å². The molecule has 0 bridgehead atoms. The highest BCUT2D eigenvalue weighted by Crippen LogP contribution is 2.28. The first-order valence-corrected chi connectivity index (χ1v) is 11.2. The van der Waals surface area contributed by atoms with Crippen LogP contribution in [0.15, 0.2) is 72.8 Å². The van der Waals surface area contributed by atoms with Gasteiger partial charge in [-0.15, -0.1) is 0 Å². The Labute approximate surface area is 198 Å². The molecule has 0 saturated carbocycles. The molecule has 2 N–H and O–H groups in total. The number of carboxylic acid groups (broad SMARTS) is 1. The molecule has 0 unspecified atom stereocenters. The van der Waals surface area contributed by atoms with Gasteiger partial charge in [-0.25, -0.2) is 4.79 Å². The van der Waals surface area contributed by atoms with Crippen LogP contribution in [0.25, 0.3) is 0 Å². The van der Waals surface area contributed by atoms with Crippen molar-refractivity contribution < 1.29 is 24.2 Å². The number of para-hydroxylation sites is 1. The SMILES string of the molecule is O=C(COc1ccc(C(=O)O)cc1)NCCC(=O)N1Cc2ccccc2CCc2ccccc21. The number of carboxylic acids is 1. The smallest absolute Gasteiger partial charge is 0.335 e. The van der Waals surface area contributed by atoms with Crippen LogP contribution in [-0.2, 0) is 29.0 Å². The van der Waals surface area contributed by atoms with Gasteiger partial charge in [0, 0.05) is 18.7 Å². The Kier molecular flexibility index (Phi) is 7.22. The number of aryl methyl sites for hydroxylation is 2. The Morgan fingerprint density at radius 1 is 0.853 bits per heavy atom. The lowest BCUT2D eigenvalue weighted by Crippen LogP contribution is -2.36. The van der Waals surface area contributed by atoms with Crippen LogP contribution < -0.4 is 15.0 Å². The Bertz CT molecular complexity index is 1190. The van der Waals surface area contributed by atoms with E-state index in [1.807, 2.05) is 30.3 Å². The largest absolute Gasteiger partial charge is 0.484 e. The summed E-state index contributed by atoms with van der Waals surface area (Å²) in [7, 11) is 0. The number of benzene rings is 3. The molecule has 174 valence electrons. The van der Waals surface area contributed by atoms with Crippen molar-refractivity contribution in [3.05, 3.63) is 95.1 Å². The highest BCUT2D eigenvalue weighted by Gasteiger charge is 2.22. The topological polar surface area (TPSA) is 95.9 Å². The van der Waals surface area contributed by atoms with Crippen molar-refractivity contribution in [2.75, 3.05) is 18.1 Å². The monoisotopic (exact) mass is 458 g/mol. The lowest BCUT2D eigenvalue weighted by molar-refractivity contribution is -0.123. The molecular weight excluding hydrogens is 432 g/mol. The molecular formula is C27H26N2O5. The van der Waals surface area contributed by atoms with Gasteiger partial charge in [0.25, 0.3) is 5.91 Å². The molecule has 0 saturated heterocycles. The molecule has 3 aromatic rings. The minimum Gasteiger partial charge on any atom is -0.484 e. The first-order chi connectivity index (χ1) is 16.5. The van der Waals surface area contributed by atoms with Gasteiger partial charge in [-0.3, -0.25) is 9.59 Å². The van der Waals surface area contributed by atoms with Crippen molar-refractivity contribution >= 4 is 23.5 Å². The maximum absolute atomic E-state index is 13.2. The fraction of sp³-hybridized carbons (Fsp3) is 0.222. The Morgan fingerprint density at radius 3 is 2.24 bits per heavy atom. The molecule has 1 heterocycles. The number of aromatic carboxylic acids is 1. The zero-order valence-electron chi connectivity index (χ0n) is 18.7. The van der Waals surface area contributed by atoms with Crippen LogP contribution in [0.3, 0.4) is 0 Å². The van der Waals surface area contributed by atoms with E-state index in [2.05, 4.69) is 23.5 Å². The van der Waals surface area contributed by atoms with Crippen LogP contribution in [0.1, 0.15) is 33.5 Å². The fourth-order valence-electron chi connectivity index (χ4n) is 4.03. The maximum atomic E-state index is 13.2. The number of fused-ring (bicyclic) bond motifs is 2. The third-order valence-corrected chi connectivity index (χ3v) is 5.83. The van der Waals surface area contributed by atoms with Crippen molar-refractivity contribution in [3.8, 4) is 5.75 Å². The average molecular weight is 459 g/mol. The number of anilines is 1. The predicted molar refractivity (Wildman–Crippen MR) is 128 cm³/mol. The summed E-state index contributed by atoms with van der Waals surface area (Å²) in [5, 5.41) is 11.6. The lowest BCUT2D eigenvalue weighted by Gasteiger charge is -2.29. The Balaban J connectivity index is 1.33. The van der Waals surface area contributed by atoms with Gasteiger partial charge < -0.3 is 20.1 Å². The normalized spacial score (nSPS) is 12.5. The molecule has 1 aliphatic rings. The summed E-state index contributed by atoms with van der Waals surface area (Å²) in [6.45, 7) is 0.467. The van der Waals surface area contributed by atoms with Gasteiger partial charge in [-0.1, -0.05) is 42.5 Å². The Hall–Kier alpha value is -4.13. The molecule has 1 aliphatic heterocycles. The van der Waals surface area contributed by atoms with Crippen LogP contribution in [-0.4, -0.2) is 36.0 Å². The van der Waals surface area contributed by atoms with Crippen molar-refractivity contribution in [3.63, 3.8) is 0 Å². The number of ether oxygens (including phenoxy) is 1. The zero-order chi connectivity index (χ0) is 23.9. The molecule has 0 spiro atoms. The molecule has 4 rings (SSSR count). The number of carbonyl (C=O) groups excluding carboxylic acids is 2. The summed E-state index contributed by atoms with van der Waals surface area (Å²) in [4.78, 5) is 38.0. The highest BCUT2D eigenvalue weighted by atomic mass is 16.5. The van der Waals surface area contributed by atoms with Gasteiger partial charge >= 0.3 is 5.97 Å².